The lowest BCUT2D eigenvalue weighted by Gasteiger charge is -2.12. The van der Waals surface area contributed by atoms with Crippen molar-refractivity contribution < 1.29 is 4.39 Å². The Hall–Kier alpha value is -2.10. The number of hydrogen-bond acceptors (Lipinski definition) is 1. The number of hydrogen-bond donors (Lipinski definition) is 0. The van der Waals surface area contributed by atoms with Crippen LogP contribution in [0.1, 0.15) is 38.4 Å². The van der Waals surface area contributed by atoms with E-state index in [9.17, 15) is 4.39 Å². The smallest absolute Gasteiger partial charge is 0.123 e. The summed E-state index contributed by atoms with van der Waals surface area (Å²) < 4.78 is 17.4. The first-order chi connectivity index (χ1) is 10.2. The number of benzene rings is 1. The van der Waals surface area contributed by atoms with Gasteiger partial charge in [-0.15, -0.1) is 0 Å². The van der Waals surface area contributed by atoms with Crippen LogP contribution in [0, 0.1) is 5.82 Å². The van der Waals surface area contributed by atoms with E-state index in [-0.39, 0.29) is 5.82 Å². The SMILES string of the molecule is CCC(CC)n1ccc(Cn2ccc3cc(F)ccc32)n1. The van der Waals surface area contributed by atoms with Crippen molar-refractivity contribution in [2.24, 2.45) is 0 Å². The molecule has 0 saturated heterocycles. The zero-order valence-electron chi connectivity index (χ0n) is 12.5. The quantitative estimate of drug-likeness (QED) is 0.682. The molecule has 21 heavy (non-hydrogen) atoms. The van der Waals surface area contributed by atoms with Gasteiger partial charge in [-0.05, 0) is 43.2 Å². The predicted octanol–water partition coefficient (Wildman–Crippen LogP) is 4.39. The minimum absolute atomic E-state index is 0.196. The molecule has 4 heteroatoms. The van der Waals surface area contributed by atoms with Crippen molar-refractivity contribution in [3.8, 4) is 0 Å². The van der Waals surface area contributed by atoms with E-state index in [4.69, 9.17) is 0 Å². The van der Waals surface area contributed by atoms with Gasteiger partial charge < -0.3 is 4.57 Å². The lowest BCUT2D eigenvalue weighted by molar-refractivity contribution is 0.425. The van der Waals surface area contributed by atoms with Crippen LogP contribution in [0.3, 0.4) is 0 Å². The van der Waals surface area contributed by atoms with Crippen LogP contribution in [0.2, 0.25) is 0 Å². The zero-order chi connectivity index (χ0) is 14.8. The molecule has 3 rings (SSSR count). The van der Waals surface area contributed by atoms with E-state index in [0.29, 0.717) is 12.6 Å². The summed E-state index contributed by atoms with van der Waals surface area (Å²) >= 11 is 0. The highest BCUT2D eigenvalue weighted by Gasteiger charge is 2.09. The van der Waals surface area contributed by atoms with Gasteiger partial charge >= 0.3 is 0 Å². The van der Waals surface area contributed by atoms with Gasteiger partial charge in [0, 0.05) is 23.3 Å². The summed E-state index contributed by atoms with van der Waals surface area (Å²) in [6, 6.07) is 9.36. The number of fused-ring (bicyclic) bond motifs is 1. The Labute approximate surface area is 124 Å². The molecule has 0 amide bonds. The van der Waals surface area contributed by atoms with Crippen molar-refractivity contribution in [2.45, 2.75) is 39.3 Å². The van der Waals surface area contributed by atoms with E-state index in [1.54, 1.807) is 6.07 Å². The van der Waals surface area contributed by atoms with Gasteiger partial charge in [-0.3, -0.25) is 4.68 Å². The summed E-state index contributed by atoms with van der Waals surface area (Å²) in [7, 11) is 0. The molecule has 0 saturated carbocycles. The summed E-state index contributed by atoms with van der Waals surface area (Å²) in [5, 5.41) is 5.60. The van der Waals surface area contributed by atoms with Crippen LogP contribution < -0.4 is 0 Å². The van der Waals surface area contributed by atoms with Crippen LogP contribution in [-0.4, -0.2) is 14.3 Å². The maximum atomic E-state index is 13.2. The first kappa shape index (κ1) is 13.9. The monoisotopic (exact) mass is 285 g/mol. The van der Waals surface area contributed by atoms with Crippen LogP contribution in [0.5, 0.6) is 0 Å². The summed E-state index contributed by atoms with van der Waals surface area (Å²) in [5.41, 5.74) is 2.07. The number of aromatic nitrogens is 3. The highest BCUT2D eigenvalue weighted by molar-refractivity contribution is 5.80. The Morgan fingerprint density at radius 3 is 2.67 bits per heavy atom. The topological polar surface area (TPSA) is 22.8 Å². The second-order valence-corrected chi connectivity index (χ2v) is 5.40. The van der Waals surface area contributed by atoms with Gasteiger partial charge in [-0.25, -0.2) is 4.39 Å². The molecule has 0 atom stereocenters. The average Bonchev–Trinajstić information content (AvgIpc) is 3.08. The molecule has 3 nitrogen and oxygen atoms in total. The van der Waals surface area contributed by atoms with Crippen molar-refractivity contribution in [1.82, 2.24) is 14.3 Å². The molecule has 0 fully saturated rings. The molecule has 2 heterocycles. The van der Waals surface area contributed by atoms with Crippen LogP contribution >= 0.6 is 0 Å². The van der Waals surface area contributed by atoms with Gasteiger partial charge in [-0.2, -0.15) is 5.10 Å². The van der Waals surface area contributed by atoms with Crippen molar-refractivity contribution in [2.75, 3.05) is 0 Å². The van der Waals surface area contributed by atoms with Gasteiger partial charge in [0.05, 0.1) is 18.3 Å². The maximum absolute atomic E-state index is 13.2. The molecule has 110 valence electrons. The number of nitrogens with zero attached hydrogens (tertiary/aromatic N) is 3. The van der Waals surface area contributed by atoms with E-state index in [1.165, 1.54) is 6.07 Å². The molecule has 0 aliphatic carbocycles. The fraction of sp³-hybridized carbons (Fsp3) is 0.353. The minimum Gasteiger partial charge on any atom is -0.341 e. The largest absolute Gasteiger partial charge is 0.341 e. The summed E-state index contributed by atoms with van der Waals surface area (Å²) in [5.74, 6) is -0.196. The van der Waals surface area contributed by atoms with Crippen LogP contribution in [0.4, 0.5) is 4.39 Å². The van der Waals surface area contributed by atoms with Gasteiger partial charge in [0.25, 0.3) is 0 Å². The lowest BCUT2D eigenvalue weighted by Crippen LogP contribution is -2.08. The second-order valence-electron chi connectivity index (χ2n) is 5.40. The van der Waals surface area contributed by atoms with Crippen LogP contribution in [0.25, 0.3) is 10.9 Å². The molecule has 0 aliphatic heterocycles. The van der Waals surface area contributed by atoms with E-state index in [1.807, 2.05) is 18.3 Å². The average molecular weight is 285 g/mol. The van der Waals surface area contributed by atoms with Crippen molar-refractivity contribution in [3.63, 3.8) is 0 Å². The van der Waals surface area contributed by atoms with E-state index < -0.39 is 0 Å². The highest BCUT2D eigenvalue weighted by atomic mass is 19.1. The molecule has 1 aromatic carbocycles. The molecule has 0 unspecified atom stereocenters. The zero-order valence-corrected chi connectivity index (χ0v) is 12.5. The highest BCUT2D eigenvalue weighted by Crippen LogP contribution is 2.19. The second kappa shape index (κ2) is 5.72. The Morgan fingerprint density at radius 1 is 1.10 bits per heavy atom. The van der Waals surface area contributed by atoms with E-state index >= 15 is 0 Å². The van der Waals surface area contributed by atoms with Crippen molar-refractivity contribution in [1.29, 1.82) is 0 Å². The summed E-state index contributed by atoms with van der Waals surface area (Å²) in [6.07, 6.45) is 6.21. The lowest BCUT2D eigenvalue weighted by atomic mass is 10.2. The summed E-state index contributed by atoms with van der Waals surface area (Å²) in [6.45, 7) is 5.08. The van der Waals surface area contributed by atoms with Gasteiger partial charge in [0.2, 0.25) is 0 Å². The first-order valence-corrected chi connectivity index (χ1v) is 7.49. The molecule has 2 aromatic heterocycles. The molecular formula is C17H20FN3. The fourth-order valence-corrected chi connectivity index (χ4v) is 2.81. The minimum atomic E-state index is -0.196. The molecule has 0 spiro atoms. The van der Waals surface area contributed by atoms with Crippen LogP contribution in [0.15, 0.2) is 42.7 Å². The molecule has 0 aliphatic rings. The Balaban J connectivity index is 1.85. The molecule has 0 N–H and O–H groups in total. The molecule has 0 radical (unpaired) electrons. The van der Waals surface area contributed by atoms with Crippen LogP contribution in [-0.2, 0) is 6.54 Å². The maximum Gasteiger partial charge on any atom is 0.123 e. The van der Waals surface area contributed by atoms with Crippen molar-refractivity contribution in [3.05, 3.63) is 54.2 Å². The third kappa shape index (κ3) is 2.71. The predicted molar refractivity (Wildman–Crippen MR) is 82.8 cm³/mol. The Morgan fingerprint density at radius 2 is 1.90 bits per heavy atom. The summed E-state index contributed by atoms with van der Waals surface area (Å²) in [4.78, 5) is 0. The van der Waals surface area contributed by atoms with Crippen molar-refractivity contribution >= 4 is 10.9 Å². The molecule has 3 aromatic rings. The number of halogens is 1. The fourth-order valence-electron chi connectivity index (χ4n) is 2.81. The Bertz CT molecular complexity index is 737. The Kier molecular flexibility index (Phi) is 3.78. The first-order valence-electron chi connectivity index (χ1n) is 7.49. The van der Waals surface area contributed by atoms with Gasteiger partial charge in [0.15, 0.2) is 0 Å². The third-order valence-electron chi connectivity index (χ3n) is 4.05. The number of rotatable bonds is 5. The van der Waals surface area contributed by atoms with Gasteiger partial charge in [-0.1, -0.05) is 13.8 Å². The standard InChI is InChI=1S/C17H20FN3/c1-3-16(4-2)21-10-8-15(19-21)12-20-9-7-13-11-14(18)5-6-17(13)20/h5-11,16H,3-4,12H2,1-2H3. The van der Waals surface area contributed by atoms with Gasteiger partial charge in [0.1, 0.15) is 5.82 Å². The van der Waals surface area contributed by atoms with E-state index in [2.05, 4.69) is 40.5 Å². The molecular weight excluding hydrogens is 265 g/mol. The molecule has 0 bridgehead atoms. The normalized spacial score (nSPS) is 11.6. The van der Waals surface area contributed by atoms with E-state index in [0.717, 1.165) is 29.4 Å². The third-order valence-corrected chi connectivity index (χ3v) is 4.05.